The van der Waals surface area contributed by atoms with E-state index in [1.54, 1.807) is 0 Å². The average molecular weight is 324 g/mol. The lowest BCUT2D eigenvalue weighted by molar-refractivity contribution is -0.146. The number of aliphatic hydroxyl groups excluding tert-OH is 2. The third-order valence-electron chi connectivity index (χ3n) is 1.89. The van der Waals surface area contributed by atoms with Crippen LogP contribution in [-0.2, 0) is 9.59 Å². The quantitative estimate of drug-likeness (QED) is 0.191. The van der Waals surface area contributed by atoms with Crippen molar-refractivity contribution in [2.24, 2.45) is 0 Å². The topological polar surface area (TPSA) is 147 Å². The van der Waals surface area contributed by atoms with E-state index in [4.69, 9.17) is 0 Å². The zero-order valence-corrected chi connectivity index (χ0v) is 12.3. The van der Waals surface area contributed by atoms with Crippen molar-refractivity contribution in [3.8, 4) is 0 Å². The molecule has 8 N–H and O–H groups in total. The van der Waals surface area contributed by atoms with Crippen molar-refractivity contribution in [3.63, 3.8) is 0 Å². The van der Waals surface area contributed by atoms with E-state index in [1.807, 2.05) is 10.9 Å². The molecule has 0 saturated heterocycles. The lowest BCUT2D eigenvalue weighted by atomic mass is 10.2. The summed E-state index contributed by atoms with van der Waals surface area (Å²) in [7, 11) is 3.02. The summed E-state index contributed by atoms with van der Waals surface area (Å²) < 4.78 is 0. The number of carbonyl (C=O) groups excluding carboxylic acids is 2. The molecule has 0 unspecified atom stereocenters. The van der Waals surface area contributed by atoms with Crippen LogP contribution in [0.25, 0.3) is 0 Å². The summed E-state index contributed by atoms with van der Waals surface area (Å²) in [6, 6.07) is 0. The minimum atomic E-state index is -1.99. The fraction of sp³-hybridized carbons (Fsp3) is 0.500. The second-order valence-corrected chi connectivity index (χ2v) is 4.09. The Morgan fingerprint density at radius 1 is 0.800 bits per heavy atom. The monoisotopic (exact) mass is 324 g/mol. The molecule has 0 aliphatic carbocycles. The molecule has 10 nitrogen and oxygen atoms in total. The second kappa shape index (κ2) is 9.19. The zero-order chi connectivity index (χ0) is 15.7. The van der Waals surface area contributed by atoms with Gasteiger partial charge in [0.15, 0.2) is 22.4 Å². The molecule has 2 atom stereocenters. The lowest BCUT2D eigenvalue weighted by Crippen LogP contribution is -2.57. The molecule has 0 aromatic heterocycles. The number of rotatable bonds is 3. The van der Waals surface area contributed by atoms with E-state index >= 15 is 0 Å². The highest BCUT2D eigenvalue weighted by Gasteiger charge is 2.30. The molecule has 0 aromatic rings. The van der Waals surface area contributed by atoms with Gasteiger partial charge in [0.25, 0.3) is 11.8 Å². The molecular formula is C8H16N6O4S2. The Hall–Kier alpha value is -1.76. The SMILES string of the molecule is CNC(=S)NNC(=O)[C@@H](O)[C@H](O)C(=O)NNC(=S)NC. The van der Waals surface area contributed by atoms with Gasteiger partial charge in [-0.1, -0.05) is 0 Å². The first kappa shape index (κ1) is 18.2. The molecule has 2 amide bonds. The van der Waals surface area contributed by atoms with Crippen LogP contribution in [0.15, 0.2) is 0 Å². The number of nitrogens with one attached hydrogen (secondary N) is 6. The Morgan fingerprint density at radius 3 is 1.35 bits per heavy atom. The number of aliphatic hydroxyl groups is 2. The van der Waals surface area contributed by atoms with Gasteiger partial charge in [0.05, 0.1) is 0 Å². The van der Waals surface area contributed by atoms with Crippen molar-refractivity contribution in [2.45, 2.75) is 12.2 Å². The number of hydrogen-bond acceptors (Lipinski definition) is 6. The molecule has 0 bridgehead atoms. The van der Waals surface area contributed by atoms with Gasteiger partial charge in [-0.25, -0.2) is 0 Å². The Morgan fingerprint density at radius 2 is 1.10 bits per heavy atom. The summed E-state index contributed by atoms with van der Waals surface area (Å²) >= 11 is 9.34. The van der Waals surface area contributed by atoms with Gasteiger partial charge in [-0.3, -0.25) is 31.3 Å². The first-order chi connectivity index (χ1) is 9.33. The molecule has 20 heavy (non-hydrogen) atoms. The maximum Gasteiger partial charge on any atom is 0.270 e. The molecule has 0 fully saturated rings. The lowest BCUT2D eigenvalue weighted by Gasteiger charge is -2.18. The number of hydrazine groups is 2. The summed E-state index contributed by atoms with van der Waals surface area (Å²) in [6.45, 7) is 0. The molecule has 0 aliphatic heterocycles. The summed E-state index contributed by atoms with van der Waals surface area (Å²) in [4.78, 5) is 22.8. The molecule has 0 heterocycles. The van der Waals surface area contributed by atoms with Crippen LogP contribution in [-0.4, -0.2) is 58.6 Å². The Labute approximate surface area is 125 Å². The zero-order valence-electron chi connectivity index (χ0n) is 10.7. The molecule has 114 valence electrons. The number of hydrogen-bond donors (Lipinski definition) is 8. The highest BCUT2D eigenvalue weighted by atomic mass is 32.1. The van der Waals surface area contributed by atoms with Crippen molar-refractivity contribution in [3.05, 3.63) is 0 Å². The number of thiocarbonyl (C=S) groups is 2. The third-order valence-corrected chi connectivity index (χ3v) is 2.50. The average Bonchev–Trinajstić information content (AvgIpc) is 2.47. The van der Waals surface area contributed by atoms with Crippen LogP contribution < -0.4 is 32.3 Å². The van der Waals surface area contributed by atoms with E-state index < -0.39 is 24.0 Å². The van der Waals surface area contributed by atoms with E-state index in [0.717, 1.165) is 0 Å². The highest BCUT2D eigenvalue weighted by Crippen LogP contribution is 1.93. The Kier molecular flexibility index (Phi) is 8.38. The standard InChI is InChI=1S/C8H16N6O4S2/c1-9-7(19)13-11-5(17)3(15)4(16)6(18)12-14-8(20)10-2/h3-4,15-16H,1-2H3,(H,11,17)(H,12,18)(H2,9,13,19)(H2,10,14,20)/t3-,4-/m0/s1. The normalized spacial score (nSPS) is 12.4. The molecule has 0 spiro atoms. The summed E-state index contributed by atoms with van der Waals surface area (Å²) in [5, 5.41) is 24.1. The van der Waals surface area contributed by atoms with Gasteiger partial charge in [-0.05, 0) is 24.4 Å². The van der Waals surface area contributed by atoms with E-state index in [9.17, 15) is 19.8 Å². The summed E-state index contributed by atoms with van der Waals surface area (Å²) in [6.07, 6.45) is -3.99. The molecule has 0 saturated carbocycles. The molecule has 0 radical (unpaired) electrons. The molecule has 0 aromatic carbocycles. The molecule has 0 aliphatic rings. The van der Waals surface area contributed by atoms with Gasteiger partial charge >= 0.3 is 0 Å². The second-order valence-electron chi connectivity index (χ2n) is 3.28. The predicted molar refractivity (Wildman–Crippen MR) is 77.9 cm³/mol. The Bertz CT molecular complexity index is 357. The van der Waals surface area contributed by atoms with Crippen LogP contribution in [0, 0.1) is 0 Å². The predicted octanol–water partition coefficient (Wildman–Crippen LogP) is -4.04. The van der Waals surface area contributed by atoms with Gasteiger partial charge in [0.2, 0.25) is 0 Å². The first-order valence-corrected chi connectivity index (χ1v) is 6.06. The first-order valence-electron chi connectivity index (χ1n) is 5.24. The van der Waals surface area contributed by atoms with Crippen molar-refractivity contribution in [1.82, 2.24) is 32.3 Å². The van der Waals surface area contributed by atoms with Crippen molar-refractivity contribution in [1.29, 1.82) is 0 Å². The fourth-order valence-corrected chi connectivity index (χ4v) is 0.898. The van der Waals surface area contributed by atoms with Gasteiger partial charge in [-0.2, -0.15) is 0 Å². The summed E-state index contributed by atoms with van der Waals surface area (Å²) in [5.74, 6) is -2.08. The highest BCUT2D eigenvalue weighted by molar-refractivity contribution is 7.80. The maximum absolute atomic E-state index is 11.4. The fourth-order valence-electron chi connectivity index (χ4n) is 0.796. The van der Waals surface area contributed by atoms with Crippen LogP contribution in [0.5, 0.6) is 0 Å². The number of amides is 2. The van der Waals surface area contributed by atoms with Crippen molar-refractivity contribution >= 4 is 46.5 Å². The van der Waals surface area contributed by atoms with Crippen LogP contribution >= 0.6 is 24.4 Å². The van der Waals surface area contributed by atoms with E-state index in [1.165, 1.54) is 14.1 Å². The van der Waals surface area contributed by atoms with Gasteiger partial charge in [-0.15, -0.1) is 0 Å². The van der Waals surface area contributed by atoms with Gasteiger partial charge in [0, 0.05) is 14.1 Å². The van der Waals surface area contributed by atoms with Crippen LogP contribution in [0.1, 0.15) is 0 Å². The Balaban J connectivity index is 4.27. The molecule has 0 rings (SSSR count). The maximum atomic E-state index is 11.4. The van der Waals surface area contributed by atoms with Crippen molar-refractivity contribution in [2.75, 3.05) is 14.1 Å². The molecule has 12 heteroatoms. The van der Waals surface area contributed by atoms with Crippen LogP contribution in [0.2, 0.25) is 0 Å². The smallest absolute Gasteiger partial charge is 0.270 e. The summed E-state index contributed by atoms with van der Waals surface area (Å²) in [5.41, 5.74) is 8.48. The third kappa shape index (κ3) is 6.42. The minimum absolute atomic E-state index is 0.0885. The van der Waals surface area contributed by atoms with E-state index in [2.05, 4.69) is 45.9 Å². The van der Waals surface area contributed by atoms with Gasteiger partial charge in [0.1, 0.15) is 0 Å². The van der Waals surface area contributed by atoms with Crippen LogP contribution in [0.4, 0.5) is 0 Å². The van der Waals surface area contributed by atoms with E-state index in [0.29, 0.717) is 0 Å². The number of carbonyl (C=O) groups is 2. The minimum Gasteiger partial charge on any atom is -0.380 e. The largest absolute Gasteiger partial charge is 0.380 e. The van der Waals surface area contributed by atoms with Crippen molar-refractivity contribution < 1.29 is 19.8 Å². The van der Waals surface area contributed by atoms with Crippen LogP contribution in [0.3, 0.4) is 0 Å². The molecular weight excluding hydrogens is 308 g/mol. The van der Waals surface area contributed by atoms with Gasteiger partial charge < -0.3 is 20.8 Å². The van der Waals surface area contributed by atoms with E-state index in [-0.39, 0.29) is 10.2 Å².